The summed E-state index contributed by atoms with van der Waals surface area (Å²) >= 11 is 42.0. The predicted molar refractivity (Wildman–Crippen MR) is 486 cm³/mol. The number of rotatable bonds is 23. The third-order valence-corrected chi connectivity index (χ3v) is 21.9. The highest BCUT2D eigenvalue weighted by molar-refractivity contribution is 15.0. The van der Waals surface area contributed by atoms with Crippen LogP contribution in [0.1, 0.15) is 135 Å². The van der Waals surface area contributed by atoms with E-state index in [1.807, 2.05) is 4.72 Å². The quantitative estimate of drug-likeness (QED) is 0.0344. The van der Waals surface area contributed by atoms with Crippen molar-refractivity contribution in [3.8, 4) is 50.8 Å². The van der Waals surface area contributed by atoms with Crippen LogP contribution in [0.25, 0.3) is 50.8 Å². The molecule has 2 N–H and O–H groups in total. The van der Waals surface area contributed by atoms with Crippen molar-refractivity contribution < 1.29 is 86.5 Å². The average molecular weight is 2100 g/mol. The van der Waals surface area contributed by atoms with Gasteiger partial charge in [0.05, 0.1) is 116 Å². The lowest BCUT2D eigenvalue weighted by Crippen LogP contribution is -2.33. The molecule has 0 bridgehead atoms. The van der Waals surface area contributed by atoms with Gasteiger partial charge in [0.1, 0.15) is 0 Å². The van der Waals surface area contributed by atoms with Gasteiger partial charge < -0.3 is 24.5 Å². The molecule has 0 aliphatic rings. The maximum atomic E-state index is 14.0. The molecule has 0 aliphatic carbocycles. The van der Waals surface area contributed by atoms with Crippen molar-refractivity contribution in [2.75, 3.05) is 34.0 Å². The largest absolute Gasteiger partial charge is 0.481 e. The molecule has 38 heteroatoms. The van der Waals surface area contributed by atoms with E-state index in [0.29, 0.717) is 92.5 Å². The van der Waals surface area contributed by atoms with Crippen molar-refractivity contribution in [3.05, 3.63) is 316 Å². The Morgan fingerprint density at radius 1 is 0.429 bits per heavy atom. The Balaban J connectivity index is 0.000000231. The number of hydrogen-bond donors (Lipinski definition) is 2. The molecule has 20 nitrogen and oxygen atoms in total. The van der Waals surface area contributed by atoms with E-state index in [-0.39, 0.29) is 59.4 Å². The number of alkyl halides is 9. The number of nitrogens with one attached hydrogen (secondary N) is 1. The van der Waals surface area contributed by atoms with Gasteiger partial charge in [0.15, 0.2) is 17.1 Å². The number of hydrogen-bond acceptors (Lipinski definition) is 12. The fourth-order valence-corrected chi connectivity index (χ4v) is 14.4. The number of carboxylic acids is 1. The summed E-state index contributed by atoms with van der Waals surface area (Å²) in [6.45, 7) is 6.79. The van der Waals surface area contributed by atoms with E-state index in [4.69, 9.17) is 74.3 Å². The number of carbonyl (C=O) groups is 6. The Hall–Kier alpha value is -10.1. The normalized spacial score (nSPS) is 12.1. The zero-order valence-corrected chi connectivity index (χ0v) is 76.5. The Morgan fingerprint density at radius 3 is 0.921 bits per heavy atom. The molecule has 12 rings (SSSR count). The first-order chi connectivity index (χ1) is 58.9. The summed E-state index contributed by atoms with van der Waals surface area (Å²) in [5.74, 6) is -4.48. The summed E-state index contributed by atoms with van der Waals surface area (Å²) in [5, 5.41) is 25.8. The summed E-state index contributed by atoms with van der Waals surface area (Å²) < 4.78 is 153. The van der Waals surface area contributed by atoms with E-state index >= 15 is 0 Å². The minimum atomic E-state index is -4.52. The number of amides is 4. The van der Waals surface area contributed by atoms with Gasteiger partial charge in [-0.05, 0) is 154 Å². The van der Waals surface area contributed by atoms with Crippen molar-refractivity contribution >= 4 is 152 Å². The molecule has 3 aromatic heterocycles. The molecular weight excluding hydrogens is 2030 g/mol. The van der Waals surface area contributed by atoms with Gasteiger partial charge in [-0.15, -0.1) is 0 Å². The van der Waals surface area contributed by atoms with E-state index in [1.54, 1.807) is 173 Å². The third kappa shape index (κ3) is 25.0. The number of aliphatic carboxylic acids is 1. The number of para-hydroxylation sites is 3. The van der Waals surface area contributed by atoms with Gasteiger partial charge in [-0.3, -0.25) is 33.5 Å². The number of sulfonamides is 1. The summed E-state index contributed by atoms with van der Waals surface area (Å²) in [7, 11) is 0.515. The van der Waals surface area contributed by atoms with Crippen LogP contribution in [0.4, 0.5) is 39.5 Å². The van der Waals surface area contributed by atoms with Crippen LogP contribution in [0.3, 0.4) is 0 Å². The lowest BCUT2D eigenvalue weighted by atomic mass is 10.0. The molecule has 0 unspecified atom stereocenters. The molecule has 0 radical (unpaired) electrons. The molecule has 0 saturated heterocycles. The van der Waals surface area contributed by atoms with E-state index in [0.717, 1.165) is 42.7 Å². The first-order valence-electron chi connectivity index (χ1n) is 37.1. The summed E-state index contributed by atoms with van der Waals surface area (Å²) in [4.78, 5) is 83.3. The van der Waals surface area contributed by atoms with E-state index < -0.39 is 112 Å². The summed E-state index contributed by atoms with van der Waals surface area (Å²) in [6.07, 6.45) is -14.0. The molecule has 664 valence electrons. The SMILES string of the molecule is C.CCOC(=O)Cc1c(C(=O)N(C)[C@H](C)c2ccc(C(F)(F)F)cc2)nn(-c2ccccc2Cl)c1-c1ccc(Cl)cc1.C[C@H](c1ccc(C(F)(F)F)cc1)N(C)C(=O)c1nn(-c2ccccc2Cl)c(-c2ccc(Cl)cc2)c1CC(=O)NS(C)(=O)=O.C[C@H](c1ccc(C(F)(F)F)cc1)N(C)C(=O)c1nn(-c2ccccc2Cl)c(-c2ccc(Cl)cc2)c1CC(=O)O.II. The van der Waals surface area contributed by atoms with Crippen molar-refractivity contribution in [1.82, 2.24) is 48.8 Å². The molecule has 0 spiro atoms. The molecule has 126 heavy (non-hydrogen) atoms. The highest BCUT2D eigenvalue weighted by atomic mass is 128. The second kappa shape index (κ2) is 43.6. The Morgan fingerprint density at radius 2 is 0.683 bits per heavy atom. The number of halogens is 17. The standard InChI is InChI=1S/C30H26Cl2F3N3O3.C29H25Cl2F3N4O4S.C28H22Cl2F3N3O3.CH4.I2/c1-4-41-26(39)17-23-27(29(40)37(3)18(2)19-9-13-21(14-10-19)30(33,34)35)36-38(25-8-6-5-7-24(25)32)28(23)20-11-15-22(31)16-12-20;1-17(18-8-12-20(13-9-18)29(32,33)34)37(2)28(40)26-22(16-25(39)36-43(3,41)42)27(19-10-14-21(30)15-11-19)38(35-26)24-7-5-4-6-23(24)31;1-16(17-7-11-19(12-8-17)28(31,32)33)35(2)27(39)25-21(15-24(37)38)26(18-9-13-20(29)14-10-18)36(34-25)23-6-4-3-5-22(23)30;;1-2/h5-16,18H,4,17H2,1-3H3;4-15,17H,16H2,1-3H3,(H,36,39);3-14,16H,15H2,1-2H3,(H,37,38);1H4;/t18-;17-;16-;;/m111../s1. The van der Waals surface area contributed by atoms with Crippen LogP contribution in [0, 0.1) is 0 Å². The maximum absolute atomic E-state index is 14.0. The van der Waals surface area contributed by atoms with Gasteiger partial charge in [-0.2, -0.15) is 54.8 Å². The Kier molecular flexibility index (Phi) is 35.1. The number of carboxylic acid groups (broad SMARTS) is 1. The van der Waals surface area contributed by atoms with Crippen molar-refractivity contribution in [3.63, 3.8) is 0 Å². The highest BCUT2D eigenvalue weighted by Gasteiger charge is 2.38. The molecule has 9 aromatic carbocycles. The van der Waals surface area contributed by atoms with Gasteiger partial charge in [0.2, 0.25) is 15.9 Å². The average Bonchev–Trinajstić information content (AvgIpc) is 1.62. The minimum absolute atomic E-state index is 0. The van der Waals surface area contributed by atoms with Crippen LogP contribution in [0.2, 0.25) is 30.1 Å². The molecular formula is C88H77Cl6F9I2N10O10S. The minimum Gasteiger partial charge on any atom is -0.481 e. The van der Waals surface area contributed by atoms with E-state index in [9.17, 15) is 81.8 Å². The van der Waals surface area contributed by atoms with Crippen LogP contribution in [-0.4, -0.2) is 127 Å². The molecule has 3 atom stereocenters. The fourth-order valence-electron chi connectivity index (χ4n) is 12.9. The Bertz CT molecular complexity index is 6010. The van der Waals surface area contributed by atoms with Crippen molar-refractivity contribution in [1.29, 1.82) is 0 Å². The molecule has 0 aliphatic heterocycles. The van der Waals surface area contributed by atoms with Gasteiger partial charge >= 0.3 is 30.5 Å². The molecule has 0 fully saturated rings. The number of ether oxygens (including phenoxy) is 1. The van der Waals surface area contributed by atoms with E-state index in [2.05, 4.69) is 52.5 Å². The van der Waals surface area contributed by atoms with E-state index in [1.165, 1.54) is 86.3 Å². The number of nitrogens with zero attached hydrogens (tertiary/aromatic N) is 9. The van der Waals surface area contributed by atoms with Crippen LogP contribution in [0.15, 0.2) is 218 Å². The van der Waals surface area contributed by atoms with Gasteiger partial charge in [0.25, 0.3) is 17.7 Å². The third-order valence-electron chi connectivity index (χ3n) is 19.6. The van der Waals surface area contributed by atoms with Crippen molar-refractivity contribution in [2.45, 2.75) is 91.0 Å². The number of benzene rings is 9. The topological polar surface area (TPSA) is 241 Å². The number of esters is 1. The zero-order valence-electron chi connectivity index (χ0n) is 66.8. The summed E-state index contributed by atoms with van der Waals surface area (Å²) in [6, 6.07) is 51.8. The molecule has 4 amide bonds. The summed E-state index contributed by atoms with van der Waals surface area (Å²) in [5.41, 5.74) is 3.20. The van der Waals surface area contributed by atoms with Crippen LogP contribution >= 0.6 is 107 Å². The predicted octanol–water partition coefficient (Wildman–Crippen LogP) is 23.9. The van der Waals surface area contributed by atoms with Gasteiger partial charge in [0, 0.05) is 107 Å². The van der Waals surface area contributed by atoms with Crippen LogP contribution < -0.4 is 4.72 Å². The second-order valence-electron chi connectivity index (χ2n) is 27.8. The zero-order chi connectivity index (χ0) is 92.1. The smallest absolute Gasteiger partial charge is 0.416 e. The first kappa shape index (κ1) is 101. The lowest BCUT2D eigenvalue weighted by Gasteiger charge is -2.25. The fraction of sp³-hybridized carbons (Fsp3) is 0.216. The number of carbonyl (C=O) groups excluding carboxylic acids is 5. The van der Waals surface area contributed by atoms with Crippen molar-refractivity contribution in [2.24, 2.45) is 0 Å². The first-order valence-corrected chi connectivity index (χ1v) is 47.5. The van der Waals surface area contributed by atoms with Gasteiger partial charge in [-0.1, -0.05) is 186 Å². The highest BCUT2D eigenvalue weighted by Crippen LogP contribution is 2.41. The molecule has 3 heterocycles. The van der Waals surface area contributed by atoms with Crippen LogP contribution in [-0.2, 0) is 66.9 Å². The Labute approximate surface area is 772 Å². The van der Waals surface area contributed by atoms with Gasteiger partial charge in [-0.25, -0.2) is 22.5 Å². The maximum Gasteiger partial charge on any atom is 0.416 e. The number of aromatic nitrogens is 6. The monoisotopic (exact) mass is 2100 g/mol. The molecule has 0 saturated carbocycles. The second-order valence-corrected chi connectivity index (χ2v) is 32.1. The molecule has 12 aromatic rings. The lowest BCUT2D eigenvalue weighted by molar-refractivity contribution is -0.142. The van der Waals surface area contributed by atoms with Crippen LogP contribution in [0.5, 0.6) is 0 Å².